The average molecular weight is 280 g/mol. The summed E-state index contributed by atoms with van der Waals surface area (Å²) in [5.74, 6) is 4.08. The van der Waals surface area contributed by atoms with E-state index < -0.39 is 0 Å². The van der Waals surface area contributed by atoms with Gasteiger partial charge in [-0.1, -0.05) is 32.0 Å². The Labute approximate surface area is 122 Å². The molecule has 0 aromatic carbocycles. The first-order valence-electron chi connectivity index (χ1n) is 8.14. The topological polar surface area (TPSA) is 24.4 Å². The monoisotopic (exact) mass is 280 g/mol. The summed E-state index contributed by atoms with van der Waals surface area (Å²) in [5.41, 5.74) is 0.317. The molecule has 0 radical (unpaired) electrons. The van der Waals surface area contributed by atoms with Crippen molar-refractivity contribution in [1.82, 2.24) is 5.32 Å². The second-order valence-electron chi connectivity index (χ2n) is 6.91. The van der Waals surface area contributed by atoms with Crippen LogP contribution in [-0.4, -0.2) is 22.5 Å². The predicted molar refractivity (Wildman–Crippen MR) is 84.7 cm³/mol. The third kappa shape index (κ3) is 2.55. The number of thioether (sulfide) groups is 1. The number of nitrogens with one attached hydrogen (secondary N) is 1. The minimum atomic E-state index is 0.317. The summed E-state index contributed by atoms with van der Waals surface area (Å²) in [6, 6.07) is 0.523. The third-order valence-corrected chi connectivity index (χ3v) is 7.12. The van der Waals surface area contributed by atoms with E-state index in [1.165, 1.54) is 49.4 Å². The van der Waals surface area contributed by atoms with Crippen molar-refractivity contribution in [2.75, 3.05) is 5.75 Å². The Morgan fingerprint density at radius 1 is 1.32 bits per heavy atom. The van der Waals surface area contributed by atoms with E-state index in [-0.39, 0.29) is 0 Å². The highest BCUT2D eigenvalue weighted by molar-refractivity contribution is 8.14. The van der Waals surface area contributed by atoms with Crippen LogP contribution in [-0.2, 0) is 0 Å². The van der Waals surface area contributed by atoms with Crippen molar-refractivity contribution in [2.24, 2.45) is 22.7 Å². The fraction of sp³-hybridized carbons (Fsp3) is 0.938. The zero-order valence-corrected chi connectivity index (χ0v) is 13.4. The van der Waals surface area contributed by atoms with Crippen LogP contribution < -0.4 is 5.32 Å². The number of hydrogen-bond donors (Lipinski definition) is 1. The van der Waals surface area contributed by atoms with Gasteiger partial charge in [-0.2, -0.15) is 0 Å². The number of rotatable bonds is 4. The lowest BCUT2D eigenvalue weighted by Gasteiger charge is -2.27. The maximum atomic E-state index is 5.04. The van der Waals surface area contributed by atoms with Gasteiger partial charge in [0.05, 0.1) is 6.04 Å². The summed E-state index contributed by atoms with van der Waals surface area (Å²) < 4.78 is 0. The van der Waals surface area contributed by atoms with Crippen LogP contribution in [0.3, 0.4) is 0 Å². The number of hydrogen-bond acceptors (Lipinski definition) is 2. The van der Waals surface area contributed by atoms with Crippen LogP contribution in [0.5, 0.6) is 0 Å². The molecule has 1 saturated heterocycles. The number of amidine groups is 1. The van der Waals surface area contributed by atoms with Crippen LogP contribution in [0, 0.1) is 17.8 Å². The lowest BCUT2D eigenvalue weighted by molar-refractivity contribution is 0.293. The maximum absolute atomic E-state index is 5.04. The molecule has 0 amide bonds. The molecule has 2 saturated carbocycles. The van der Waals surface area contributed by atoms with Crippen molar-refractivity contribution < 1.29 is 0 Å². The highest BCUT2D eigenvalue weighted by atomic mass is 32.2. The van der Waals surface area contributed by atoms with Crippen LogP contribution in [0.25, 0.3) is 0 Å². The van der Waals surface area contributed by atoms with Crippen molar-refractivity contribution in [3.8, 4) is 0 Å². The highest BCUT2D eigenvalue weighted by Gasteiger charge is 2.42. The number of nitrogens with zero attached hydrogens (tertiary/aromatic N) is 1. The first-order chi connectivity index (χ1) is 9.15. The van der Waals surface area contributed by atoms with Gasteiger partial charge in [0.1, 0.15) is 0 Å². The smallest absolute Gasteiger partial charge is 0.157 e. The molecule has 3 heteroatoms. The van der Waals surface area contributed by atoms with Gasteiger partial charge in [0, 0.05) is 11.3 Å². The van der Waals surface area contributed by atoms with Gasteiger partial charge in [-0.05, 0) is 56.8 Å². The van der Waals surface area contributed by atoms with E-state index >= 15 is 0 Å². The van der Waals surface area contributed by atoms with E-state index in [0.717, 1.165) is 17.8 Å². The van der Waals surface area contributed by atoms with E-state index in [2.05, 4.69) is 26.1 Å². The molecule has 0 spiro atoms. The van der Waals surface area contributed by atoms with Gasteiger partial charge in [-0.3, -0.25) is 4.99 Å². The van der Waals surface area contributed by atoms with Crippen LogP contribution in [0.15, 0.2) is 4.99 Å². The van der Waals surface area contributed by atoms with Crippen molar-refractivity contribution in [2.45, 2.75) is 70.9 Å². The molecule has 2 aliphatic carbocycles. The molecule has 1 heterocycles. The molecule has 4 unspecified atom stereocenters. The molecular weight excluding hydrogens is 252 g/mol. The Morgan fingerprint density at radius 3 is 2.63 bits per heavy atom. The van der Waals surface area contributed by atoms with Gasteiger partial charge in [0.15, 0.2) is 5.17 Å². The highest BCUT2D eigenvalue weighted by Crippen LogP contribution is 2.50. The van der Waals surface area contributed by atoms with E-state index in [1.54, 1.807) is 0 Å². The largest absolute Gasteiger partial charge is 0.359 e. The average Bonchev–Trinajstić information content (AvgIpc) is 3.13. The molecule has 4 atom stereocenters. The van der Waals surface area contributed by atoms with Gasteiger partial charge < -0.3 is 5.32 Å². The van der Waals surface area contributed by atoms with Gasteiger partial charge in [-0.25, -0.2) is 0 Å². The molecule has 1 N–H and O–H groups in total. The molecular formula is C16H28N2S. The summed E-state index contributed by atoms with van der Waals surface area (Å²) in [4.78, 5) is 5.04. The normalized spacial score (nSPS) is 39.7. The molecule has 0 aromatic heterocycles. The zero-order chi connectivity index (χ0) is 13.5. The van der Waals surface area contributed by atoms with Crippen molar-refractivity contribution in [3.63, 3.8) is 0 Å². The molecule has 108 valence electrons. The molecule has 2 bridgehead atoms. The number of fused-ring (bicyclic) bond motifs is 2. The second-order valence-corrected chi connectivity index (χ2v) is 7.88. The molecule has 3 aliphatic rings. The second kappa shape index (κ2) is 5.31. The third-order valence-electron chi connectivity index (χ3n) is 5.94. The van der Waals surface area contributed by atoms with E-state index in [4.69, 9.17) is 4.99 Å². The van der Waals surface area contributed by atoms with Gasteiger partial charge in [-0.15, -0.1) is 0 Å². The Morgan fingerprint density at radius 2 is 2.11 bits per heavy atom. The fourth-order valence-electron chi connectivity index (χ4n) is 4.37. The SMILES string of the molecule is CCC1(CC)CSC(=NC(C)C2CC3CCC2C3)N1. The molecule has 0 aromatic rings. The van der Waals surface area contributed by atoms with E-state index in [1.807, 2.05) is 11.8 Å². The zero-order valence-electron chi connectivity index (χ0n) is 12.6. The van der Waals surface area contributed by atoms with Crippen LogP contribution >= 0.6 is 11.8 Å². The molecule has 3 fully saturated rings. The Hall–Kier alpha value is -0.180. The summed E-state index contributed by atoms with van der Waals surface area (Å²) in [7, 11) is 0. The lowest BCUT2D eigenvalue weighted by Crippen LogP contribution is -2.42. The Balaban J connectivity index is 1.63. The van der Waals surface area contributed by atoms with Crippen LogP contribution in [0.4, 0.5) is 0 Å². The van der Waals surface area contributed by atoms with Crippen LogP contribution in [0.1, 0.15) is 59.3 Å². The van der Waals surface area contributed by atoms with Crippen molar-refractivity contribution in [1.29, 1.82) is 0 Å². The molecule has 3 rings (SSSR count). The summed E-state index contributed by atoms with van der Waals surface area (Å²) in [6.07, 6.45) is 8.31. The minimum Gasteiger partial charge on any atom is -0.359 e. The summed E-state index contributed by atoms with van der Waals surface area (Å²) >= 11 is 1.94. The number of aliphatic imine (C=N–C) groups is 1. The molecule has 19 heavy (non-hydrogen) atoms. The minimum absolute atomic E-state index is 0.317. The quantitative estimate of drug-likeness (QED) is 0.839. The van der Waals surface area contributed by atoms with Crippen molar-refractivity contribution in [3.05, 3.63) is 0 Å². The van der Waals surface area contributed by atoms with E-state index in [0.29, 0.717) is 11.6 Å². The molecule has 1 aliphatic heterocycles. The van der Waals surface area contributed by atoms with Gasteiger partial charge in [0.2, 0.25) is 0 Å². The maximum Gasteiger partial charge on any atom is 0.157 e. The standard InChI is InChI=1S/C16H28N2S/c1-4-16(5-2)10-19-15(18-16)17-11(3)14-9-12-6-7-13(14)8-12/h11-14H,4-10H2,1-3H3,(H,17,18). The fourth-order valence-corrected chi connectivity index (χ4v) is 5.79. The van der Waals surface area contributed by atoms with Crippen molar-refractivity contribution >= 4 is 16.9 Å². The predicted octanol–water partition coefficient (Wildman–Crippen LogP) is 4.06. The molecule has 2 nitrogen and oxygen atoms in total. The first-order valence-corrected chi connectivity index (χ1v) is 9.13. The van der Waals surface area contributed by atoms with Crippen LogP contribution in [0.2, 0.25) is 0 Å². The van der Waals surface area contributed by atoms with E-state index in [9.17, 15) is 0 Å². The Bertz CT molecular complexity index is 362. The Kier molecular flexibility index (Phi) is 3.85. The lowest BCUT2D eigenvalue weighted by atomic mass is 9.84. The summed E-state index contributed by atoms with van der Waals surface area (Å²) in [6.45, 7) is 6.93. The van der Waals surface area contributed by atoms with Gasteiger partial charge in [0.25, 0.3) is 0 Å². The summed E-state index contributed by atoms with van der Waals surface area (Å²) in [5, 5.41) is 4.94. The first kappa shape index (κ1) is 13.8. The van der Waals surface area contributed by atoms with Gasteiger partial charge >= 0.3 is 0 Å².